The van der Waals surface area contributed by atoms with Crippen molar-refractivity contribution in [1.82, 2.24) is 4.72 Å². The topological polar surface area (TPSA) is 55.4 Å². The van der Waals surface area contributed by atoms with E-state index in [1.165, 1.54) is 7.05 Å². The summed E-state index contributed by atoms with van der Waals surface area (Å²) in [6, 6.07) is 14.6. The Morgan fingerprint density at radius 2 is 1.70 bits per heavy atom. The average Bonchev–Trinajstić information content (AvgIpc) is 2.48. The third-order valence-corrected chi connectivity index (χ3v) is 4.60. The van der Waals surface area contributed by atoms with Gasteiger partial charge in [0.2, 0.25) is 10.0 Å². The van der Waals surface area contributed by atoms with E-state index in [9.17, 15) is 8.42 Å². The molecular formula is C15H17NO3S. The lowest BCUT2D eigenvalue weighted by atomic mass is 10.1. The molecule has 2 rings (SSSR count). The van der Waals surface area contributed by atoms with Crippen LogP contribution in [0.5, 0.6) is 5.75 Å². The van der Waals surface area contributed by atoms with E-state index in [-0.39, 0.29) is 0 Å². The van der Waals surface area contributed by atoms with E-state index in [1.807, 2.05) is 36.4 Å². The second-order valence-corrected chi connectivity index (χ2v) is 6.20. The fourth-order valence-electron chi connectivity index (χ4n) is 1.99. The molecule has 4 nitrogen and oxygen atoms in total. The summed E-state index contributed by atoms with van der Waals surface area (Å²) in [5.74, 6) is 0.782. The molecule has 2 aromatic rings. The maximum atomic E-state index is 12.0. The van der Waals surface area contributed by atoms with Crippen LogP contribution < -0.4 is 9.46 Å². The minimum atomic E-state index is -3.44. The van der Waals surface area contributed by atoms with E-state index in [1.54, 1.807) is 19.2 Å². The average molecular weight is 291 g/mol. The molecule has 0 aliphatic rings. The highest BCUT2D eigenvalue weighted by molar-refractivity contribution is 7.89. The van der Waals surface area contributed by atoms with Gasteiger partial charge in [-0.15, -0.1) is 0 Å². The van der Waals surface area contributed by atoms with Crippen molar-refractivity contribution < 1.29 is 13.2 Å². The Labute approximate surface area is 119 Å². The second kappa shape index (κ2) is 6.07. The maximum Gasteiger partial charge on any atom is 0.240 e. The van der Waals surface area contributed by atoms with E-state index in [4.69, 9.17) is 4.74 Å². The number of rotatable bonds is 5. The molecular weight excluding hydrogens is 274 g/mol. The summed E-state index contributed by atoms with van der Waals surface area (Å²) in [6.07, 6.45) is 0.557. The van der Waals surface area contributed by atoms with Gasteiger partial charge in [-0.2, -0.15) is 0 Å². The fraction of sp³-hybridized carbons (Fsp3) is 0.200. The molecule has 0 spiro atoms. The molecule has 5 heteroatoms. The highest BCUT2D eigenvalue weighted by atomic mass is 32.2. The van der Waals surface area contributed by atoms with Crippen LogP contribution in [0.15, 0.2) is 53.4 Å². The van der Waals surface area contributed by atoms with Crippen LogP contribution in [0.25, 0.3) is 0 Å². The zero-order chi connectivity index (χ0) is 14.6. The number of methoxy groups -OCH3 is 1. The van der Waals surface area contributed by atoms with Gasteiger partial charge in [0.05, 0.1) is 12.0 Å². The predicted octanol–water partition coefficient (Wildman–Crippen LogP) is 2.19. The van der Waals surface area contributed by atoms with Gasteiger partial charge in [-0.05, 0) is 42.8 Å². The Balaban J connectivity index is 2.34. The number of ether oxygens (including phenoxy) is 1. The van der Waals surface area contributed by atoms with Crippen LogP contribution in [0.2, 0.25) is 0 Å². The molecule has 1 N–H and O–H groups in total. The van der Waals surface area contributed by atoms with Gasteiger partial charge in [0.25, 0.3) is 0 Å². The highest BCUT2D eigenvalue weighted by Crippen LogP contribution is 2.20. The summed E-state index contributed by atoms with van der Waals surface area (Å²) in [4.78, 5) is 0.318. The van der Waals surface area contributed by atoms with Crippen molar-refractivity contribution in [3.8, 4) is 5.75 Å². The Bertz CT molecular complexity index is 679. The first kappa shape index (κ1) is 14.6. The van der Waals surface area contributed by atoms with E-state index in [2.05, 4.69) is 4.72 Å². The highest BCUT2D eigenvalue weighted by Gasteiger charge is 2.15. The maximum absolute atomic E-state index is 12.0. The van der Waals surface area contributed by atoms with E-state index in [0.717, 1.165) is 16.9 Å². The van der Waals surface area contributed by atoms with E-state index >= 15 is 0 Å². The van der Waals surface area contributed by atoms with E-state index in [0.29, 0.717) is 11.3 Å². The van der Waals surface area contributed by atoms with Crippen molar-refractivity contribution >= 4 is 10.0 Å². The molecule has 0 saturated carbocycles. The van der Waals surface area contributed by atoms with Crippen molar-refractivity contribution in [2.24, 2.45) is 0 Å². The van der Waals surface area contributed by atoms with Crippen LogP contribution in [0.1, 0.15) is 11.1 Å². The molecule has 0 bridgehead atoms. The van der Waals surface area contributed by atoms with Gasteiger partial charge in [0.15, 0.2) is 0 Å². The van der Waals surface area contributed by atoms with Crippen molar-refractivity contribution in [1.29, 1.82) is 0 Å². The SMILES string of the molecule is CNS(=O)(=O)c1ccccc1Cc1ccc(OC)cc1. The quantitative estimate of drug-likeness (QED) is 0.918. The summed E-state index contributed by atoms with van der Waals surface area (Å²) < 4.78 is 31.4. The first-order valence-electron chi connectivity index (χ1n) is 6.21. The van der Waals surface area contributed by atoms with Gasteiger partial charge in [-0.3, -0.25) is 0 Å². The lowest BCUT2D eigenvalue weighted by Gasteiger charge is -2.10. The Morgan fingerprint density at radius 3 is 2.30 bits per heavy atom. The van der Waals surface area contributed by atoms with Crippen LogP contribution in [-0.2, 0) is 16.4 Å². The molecule has 0 amide bonds. The van der Waals surface area contributed by atoms with Crippen molar-refractivity contribution in [3.05, 3.63) is 59.7 Å². The first-order chi connectivity index (χ1) is 9.56. The fourth-order valence-corrected chi connectivity index (χ4v) is 2.95. The standard InChI is InChI=1S/C15H17NO3S/c1-16-20(17,18)15-6-4-3-5-13(15)11-12-7-9-14(19-2)10-8-12/h3-10,16H,11H2,1-2H3. The Morgan fingerprint density at radius 1 is 1.05 bits per heavy atom. The summed E-state index contributed by atoms with van der Waals surface area (Å²) in [6.45, 7) is 0. The lowest BCUT2D eigenvalue weighted by Crippen LogP contribution is -2.20. The van der Waals surface area contributed by atoms with Gasteiger partial charge >= 0.3 is 0 Å². The molecule has 0 aliphatic carbocycles. The number of hydrogen-bond acceptors (Lipinski definition) is 3. The second-order valence-electron chi connectivity index (χ2n) is 4.34. The molecule has 0 fully saturated rings. The number of sulfonamides is 1. The predicted molar refractivity (Wildman–Crippen MR) is 78.5 cm³/mol. The smallest absolute Gasteiger partial charge is 0.240 e. The number of nitrogens with one attached hydrogen (secondary N) is 1. The molecule has 20 heavy (non-hydrogen) atoms. The normalized spacial score (nSPS) is 11.3. The van der Waals surface area contributed by atoms with Crippen LogP contribution in [-0.4, -0.2) is 22.6 Å². The Kier molecular flexibility index (Phi) is 4.42. The summed E-state index contributed by atoms with van der Waals surface area (Å²) in [5.41, 5.74) is 1.80. The molecule has 0 aliphatic heterocycles. The minimum Gasteiger partial charge on any atom is -0.497 e. The minimum absolute atomic E-state index is 0.318. The molecule has 0 heterocycles. The number of hydrogen-bond donors (Lipinski definition) is 1. The monoisotopic (exact) mass is 291 g/mol. The van der Waals surface area contributed by atoms with Crippen molar-refractivity contribution in [3.63, 3.8) is 0 Å². The summed E-state index contributed by atoms with van der Waals surface area (Å²) >= 11 is 0. The summed E-state index contributed by atoms with van der Waals surface area (Å²) in [7, 11) is -0.405. The van der Waals surface area contributed by atoms with Gasteiger partial charge < -0.3 is 4.74 Å². The molecule has 0 aromatic heterocycles. The summed E-state index contributed by atoms with van der Waals surface area (Å²) in [5, 5.41) is 0. The largest absolute Gasteiger partial charge is 0.497 e. The van der Waals surface area contributed by atoms with Gasteiger partial charge in [0.1, 0.15) is 5.75 Å². The zero-order valence-corrected chi connectivity index (χ0v) is 12.3. The van der Waals surface area contributed by atoms with Gasteiger partial charge in [-0.1, -0.05) is 30.3 Å². The van der Waals surface area contributed by atoms with Crippen LogP contribution >= 0.6 is 0 Å². The van der Waals surface area contributed by atoms with Gasteiger partial charge in [-0.25, -0.2) is 13.1 Å². The van der Waals surface area contributed by atoms with Crippen molar-refractivity contribution in [2.45, 2.75) is 11.3 Å². The third kappa shape index (κ3) is 3.18. The zero-order valence-electron chi connectivity index (χ0n) is 11.5. The van der Waals surface area contributed by atoms with Gasteiger partial charge in [0, 0.05) is 0 Å². The molecule has 0 radical (unpaired) electrons. The molecule has 2 aromatic carbocycles. The molecule has 0 unspecified atom stereocenters. The Hall–Kier alpha value is -1.85. The third-order valence-electron chi connectivity index (χ3n) is 3.08. The van der Waals surface area contributed by atoms with Crippen LogP contribution in [0.4, 0.5) is 0 Å². The van der Waals surface area contributed by atoms with Crippen LogP contribution in [0.3, 0.4) is 0 Å². The number of benzene rings is 2. The lowest BCUT2D eigenvalue weighted by molar-refractivity contribution is 0.414. The van der Waals surface area contributed by atoms with Crippen molar-refractivity contribution in [2.75, 3.05) is 14.2 Å². The van der Waals surface area contributed by atoms with Crippen LogP contribution in [0, 0.1) is 0 Å². The molecule has 106 valence electrons. The molecule has 0 atom stereocenters. The van der Waals surface area contributed by atoms with E-state index < -0.39 is 10.0 Å². The first-order valence-corrected chi connectivity index (χ1v) is 7.69. The molecule has 0 saturated heterocycles.